The molecule has 0 spiro atoms. The third-order valence-electron chi connectivity index (χ3n) is 3.00. The van der Waals surface area contributed by atoms with Crippen LogP contribution in [0.25, 0.3) is 0 Å². The van der Waals surface area contributed by atoms with E-state index in [4.69, 9.17) is 5.73 Å². The van der Waals surface area contributed by atoms with Gasteiger partial charge in [0.15, 0.2) is 0 Å². The minimum absolute atomic E-state index is 0.914. The van der Waals surface area contributed by atoms with E-state index < -0.39 is 0 Å². The van der Waals surface area contributed by atoms with Crippen LogP contribution in [0.5, 0.6) is 0 Å². The molecule has 1 aromatic rings. The van der Waals surface area contributed by atoms with Gasteiger partial charge in [0.05, 0.1) is 0 Å². The SMILES string of the molecule is Nc1ccc(Br)cc1CCN1CCCC1. The second kappa shape index (κ2) is 4.99. The molecular formula is C12H17BrN2. The Labute approximate surface area is 99.6 Å². The van der Waals surface area contributed by atoms with Gasteiger partial charge in [-0.2, -0.15) is 0 Å². The van der Waals surface area contributed by atoms with Crippen LogP contribution < -0.4 is 5.73 Å². The molecule has 1 aliphatic rings. The lowest BCUT2D eigenvalue weighted by Gasteiger charge is -2.15. The summed E-state index contributed by atoms with van der Waals surface area (Å²) in [7, 11) is 0. The van der Waals surface area contributed by atoms with Gasteiger partial charge in [-0.05, 0) is 56.1 Å². The molecule has 0 radical (unpaired) electrons. The molecule has 1 aromatic carbocycles. The molecule has 3 heteroatoms. The molecule has 0 saturated carbocycles. The minimum atomic E-state index is 0.914. The maximum absolute atomic E-state index is 5.93. The number of hydrogen-bond acceptors (Lipinski definition) is 2. The van der Waals surface area contributed by atoms with E-state index in [1.807, 2.05) is 12.1 Å². The summed E-state index contributed by atoms with van der Waals surface area (Å²) in [5.41, 5.74) is 8.11. The first-order chi connectivity index (χ1) is 7.25. The lowest BCUT2D eigenvalue weighted by atomic mass is 10.1. The van der Waals surface area contributed by atoms with Crippen molar-refractivity contribution in [3.05, 3.63) is 28.2 Å². The number of halogens is 1. The fourth-order valence-electron chi connectivity index (χ4n) is 2.08. The summed E-state index contributed by atoms with van der Waals surface area (Å²) in [6.45, 7) is 3.66. The van der Waals surface area contributed by atoms with Gasteiger partial charge in [-0.15, -0.1) is 0 Å². The van der Waals surface area contributed by atoms with Gasteiger partial charge in [-0.25, -0.2) is 0 Å². The van der Waals surface area contributed by atoms with Gasteiger partial charge in [-0.1, -0.05) is 15.9 Å². The Morgan fingerprint density at radius 3 is 2.73 bits per heavy atom. The van der Waals surface area contributed by atoms with Crippen LogP contribution in [0.1, 0.15) is 18.4 Å². The van der Waals surface area contributed by atoms with Crippen molar-refractivity contribution < 1.29 is 0 Å². The zero-order valence-corrected chi connectivity index (χ0v) is 10.5. The van der Waals surface area contributed by atoms with Crippen molar-refractivity contribution in [3.8, 4) is 0 Å². The molecule has 82 valence electrons. The monoisotopic (exact) mass is 268 g/mol. The number of anilines is 1. The van der Waals surface area contributed by atoms with Crippen LogP contribution in [-0.2, 0) is 6.42 Å². The molecule has 0 bridgehead atoms. The molecule has 1 fully saturated rings. The van der Waals surface area contributed by atoms with Crippen LogP contribution >= 0.6 is 15.9 Å². The van der Waals surface area contributed by atoms with E-state index in [0.717, 1.165) is 23.1 Å². The summed E-state index contributed by atoms with van der Waals surface area (Å²) >= 11 is 3.48. The minimum Gasteiger partial charge on any atom is -0.399 e. The first-order valence-electron chi connectivity index (χ1n) is 5.52. The first kappa shape index (κ1) is 11.0. The summed E-state index contributed by atoms with van der Waals surface area (Å²) in [5, 5.41) is 0. The molecule has 2 nitrogen and oxygen atoms in total. The summed E-state index contributed by atoms with van der Waals surface area (Å²) in [4.78, 5) is 2.51. The van der Waals surface area contributed by atoms with Crippen molar-refractivity contribution in [2.75, 3.05) is 25.4 Å². The van der Waals surface area contributed by atoms with Crippen LogP contribution in [0.15, 0.2) is 22.7 Å². The molecule has 1 heterocycles. The number of nitrogen functional groups attached to an aromatic ring is 1. The van der Waals surface area contributed by atoms with Gasteiger partial charge in [0.2, 0.25) is 0 Å². The van der Waals surface area contributed by atoms with E-state index >= 15 is 0 Å². The quantitative estimate of drug-likeness (QED) is 0.855. The summed E-state index contributed by atoms with van der Waals surface area (Å²) < 4.78 is 1.12. The van der Waals surface area contributed by atoms with Gasteiger partial charge < -0.3 is 10.6 Å². The average Bonchev–Trinajstić information content (AvgIpc) is 2.72. The van der Waals surface area contributed by atoms with E-state index in [0.29, 0.717) is 0 Å². The Kier molecular flexibility index (Phi) is 3.65. The molecule has 0 aliphatic carbocycles. The smallest absolute Gasteiger partial charge is 0.0347 e. The highest BCUT2D eigenvalue weighted by atomic mass is 79.9. The zero-order chi connectivity index (χ0) is 10.7. The highest BCUT2D eigenvalue weighted by molar-refractivity contribution is 9.10. The number of nitrogens with zero attached hydrogens (tertiary/aromatic N) is 1. The number of nitrogens with two attached hydrogens (primary N) is 1. The van der Waals surface area contributed by atoms with Crippen molar-refractivity contribution in [1.29, 1.82) is 0 Å². The van der Waals surface area contributed by atoms with E-state index in [2.05, 4.69) is 26.9 Å². The highest BCUT2D eigenvalue weighted by Crippen LogP contribution is 2.19. The Morgan fingerprint density at radius 1 is 1.27 bits per heavy atom. The van der Waals surface area contributed by atoms with E-state index in [1.54, 1.807) is 0 Å². The lowest BCUT2D eigenvalue weighted by molar-refractivity contribution is 0.343. The van der Waals surface area contributed by atoms with Crippen molar-refractivity contribution in [3.63, 3.8) is 0 Å². The fourth-order valence-corrected chi connectivity index (χ4v) is 2.48. The van der Waals surface area contributed by atoms with Gasteiger partial charge in [-0.3, -0.25) is 0 Å². The second-order valence-electron chi connectivity index (χ2n) is 4.14. The average molecular weight is 269 g/mol. The van der Waals surface area contributed by atoms with E-state index in [1.165, 1.54) is 31.5 Å². The topological polar surface area (TPSA) is 29.3 Å². The molecule has 0 amide bonds. The number of rotatable bonds is 3. The van der Waals surface area contributed by atoms with Gasteiger partial charge in [0.25, 0.3) is 0 Å². The first-order valence-corrected chi connectivity index (χ1v) is 6.31. The van der Waals surface area contributed by atoms with Crippen LogP contribution in [0.2, 0.25) is 0 Å². The maximum atomic E-state index is 5.93. The summed E-state index contributed by atoms with van der Waals surface area (Å²) in [5.74, 6) is 0. The van der Waals surface area contributed by atoms with Crippen molar-refractivity contribution in [1.82, 2.24) is 4.90 Å². The molecule has 0 aromatic heterocycles. The Bertz CT molecular complexity index is 332. The van der Waals surface area contributed by atoms with Crippen LogP contribution in [0, 0.1) is 0 Å². The Hall–Kier alpha value is -0.540. The van der Waals surface area contributed by atoms with Gasteiger partial charge in [0, 0.05) is 16.7 Å². The van der Waals surface area contributed by atoms with Crippen molar-refractivity contribution in [2.24, 2.45) is 0 Å². The van der Waals surface area contributed by atoms with Gasteiger partial charge in [0.1, 0.15) is 0 Å². The van der Waals surface area contributed by atoms with Crippen molar-refractivity contribution in [2.45, 2.75) is 19.3 Å². The zero-order valence-electron chi connectivity index (χ0n) is 8.88. The second-order valence-corrected chi connectivity index (χ2v) is 5.06. The molecule has 15 heavy (non-hydrogen) atoms. The molecule has 0 unspecified atom stereocenters. The molecule has 1 saturated heterocycles. The maximum Gasteiger partial charge on any atom is 0.0347 e. The van der Waals surface area contributed by atoms with Crippen LogP contribution in [0.3, 0.4) is 0 Å². The largest absolute Gasteiger partial charge is 0.399 e. The molecule has 1 aliphatic heterocycles. The Morgan fingerprint density at radius 2 is 2.00 bits per heavy atom. The standard InChI is InChI=1S/C12H17BrN2/c13-11-3-4-12(14)10(9-11)5-8-15-6-1-2-7-15/h3-4,9H,1-2,5-8,14H2. The fraction of sp³-hybridized carbons (Fsp3) is 0.500. The third-order valence-corrected chi connectivity index (χ3v) is 3.49. The van der Waals surface area contributed by atoms with Gasteiger partial charge >= 0.3 is 0 Å². The van der Waals surface area contributed by atoms with Crippen molar-refractivity contribution >= 4 is 21.6 Å². The lowest BCUT2D eigenvalue weighted by Crippen LogP contribution is -2.22. The van der Waals surface area contributed by atoms with Crippen LogP contribution in [0.4, 0.5) is 5.69 Å². The number of benzene rings is 1. The van der Waals surface area contributed by atoms with E-state index in [-0.39, 0.29) is 0 Å². The summed E-state index contributed by atoms with van der Waals surface area (Å²) in [6, 6.07) is 6.10. The predicted molar refractivity (Wildman–Crippen MR) is 67.9 cm³/mol. The summed E-state index contributed by atoms with van der Waals surface area (Å²) in [6.07, 6.45) is 3.77. The highest BCUT2D eigenvalue weighted by Gasteiger charge is 2.11. The molecule has 2 rings (SSSR count). The molecule has 0 atom stereocenters. The molecule has 2 N–H and O–H groups in total. The Balaban J connectivity index is 1.94. The number of likely N-dealkylation sites (tertiary alicyclic amines) is 1. The molecular weight excluding hydrogens is 252 g/mol. The normalized spacial score (nSPS) is 17.1. The van der Waals surface area contributed by atoms with E-state index in [9.17, 15) is 0 Å². The predicted octanol–water partition coefficient (Wildman–Crippen LogP) is 2.67. The number of hydrogen-bond donors (Lipinski definition) is 1. The third kappa shape index (κ3) is 2.95. The van der Waals surface area contributed by atoms with Crippen LogP contribution in [-0.4, -0.2) is 24.5 Å².